The molecule has 0 amide bonds. The second kappa shape index (κ2) is 8.86. The van der Waals surface area contributed by atoms with Crippen LogP contribution >= 0.6 is 0 Å². The molecule has 1 saturated carbocycles. The molecule has 2 atom stereocenters. The van der Waals surface area contributed by atoms with Crippen LogP contribution in [0.4, 0.5) is 0 Å². The first-order valence-electron chi connectivity index (χ1n) is 11.7. The molecule has 30 heavy (non-hydrogen) atoms. The first-order valence-corrected chi connectivity index (χ1v) is 11.7. The number of fused-ring (bicyclic) bond motifs is 2. The summed E-state index contributed by atoms with van der Waals surface area (Å²) in [6.07, 6.45) is 11.2. The van der Waals surface area contributed by atoms with Crippen LogP contribution in [0, 0.1) is 5.92 Å². The molecule has 2 aromatic heterocycles. The van der Waals surface area contributed by atoms with Crippen LogP contribution < -0.4 is 11.1 Å². The second-order valence-electron chi connectivity index (χ2n) is 9.06. The molecule has 0 aliphatic heterocycles. The Morgan fingerprint density at radius 2 is 2.03 bits per heavy atom. The number of pyridine rings is 1. The molecule has 0 bridgehead atoms. The van der Waals surface area contributed by atoms with E-state index in [4.69, 9.17) is 15.7 Å². The van der Waals surface area contributed by atoms with Crippen LogP contribution in [0.5, 0.6) is 0 Å². The Morgan fingerprint density at radius 1 is 1.13 bits per heavy atom. The summed E-state index contributed by atoms with van der Waals surface area (Å²) in [5.74, 6) is 2.04. The van der Waals surface area contributed by atoms with Gasteiger partial charge in [-0.05, 0) is 81.2 Å². The molecule has 1 fully saturated rings. The number of para-hydroxylation sites is 2. The first kappa shape index (κ1) is 19.7. The van der Waals surface area contributed by atoms with E-state index in [1.54, 1.807) is 0 Å². The molecule has 0 spiro atoms. The topological polar surface area (TPSA) is 68.8 Å². The number of aryl methyl sites for hydroxylation is 1. The van der Waals surface area contributed by atoms with E-state index in [9.17, 15) is 0 Å². The van der Waals surface area contributed by atoms with Crippen molar-refractivity contribution < 1.29 is 0 Å². The third-order valence-corrected chi connectivity index (χ3v) is 6.69. The van der Waals surface area contributed by atoms with Crippen LogP contribution in [-0.2, 0) is 19.4 Å². The number of nitrogens with zero attached hydrogens (tertiary/aromatic N) is 3. The van der Waals surface area contributed by atoms with Crippen molar-refractivity contribution in [1.29, 1.82) is 0 Å². The van der Waals surface area contributed by atoms with E-state index in [-0.39, 0.29) is 0 Å². The van der Waals surface area contributed by atoms with Crippen LogP contribution in [0.2, 0.25) is 0 Å². The standard InChI is InChI=1S/C25H33N5/c26-14-4-8-20(28-22-10-3-6-19-7-5-15-27-25(19)22)16-24-29-21-9-1-2-11-23(21)30(24)17-18-12-13-18/h1-2,5,7,9,11,15,18,20,22,28H,3-4,6,8,10,12-14,16-17,26H2. The number of nitrogens with two attached hydrogens (primary N) is 1. The highest BCUT2D eigenvalue weighted by molar-refractivity contribution is 5.75. The van der Waals surface area contributed by atoms with E-state index < -0.39 is 0 Å². The minimum absolute atomic E-state index is 0.332. The van der Waals surface area contributed by atoms with Gasteiger partial charge in [-0.3, -0.25) is 4.98 Å². The number of aromatic nitrogens is 3. The quantitative estimate of drug-likeness (QED) is 0.563. The Labute approximate surface area is 179 Å². The average molecular weight is 404 g/mol. The SMILES string of the molecule is NCCCC(Cc1nc2ccccc2n1CC1CC1)NC1CCCc2cccnc21. The molecule has 2 heterocycles. The fraction of sp³-hybridized carbons (Fsp3) is 0.520. The van der Waals surface area contributed by atoms with Crippen molar-refractivity contribution in [1.82, 2.24) is 19.9 Å². The number of nitrogens with one attached hydrogen (secondary N) is 1. The predicted molar refractivity (Wildman–Crippen MR) is 121 cm³/mol. The van der Waals surface area contributed by atoms with E-state index in [1.165, 1.54) is 41.9 Å². The van der Waals surface area contributed by atoms with Gasteiger partial charge in [0.2, 0.25) is 0 Å². The third-order valence-electron chi connectivity index (χ3n) is 6.69. The van der Waals surface area contributed by atoms with E-state index >= 15 is 0 Å². The maximum atomic E-state index is 5.88. The van der Waals surface area contributed by atoms with E-state index in [0.29, 0.717) is 12.1 Å². The van der Waals surface area contributed by atoms with Gasteiger partial charge in [0.15, 0.2) is 0 Å². The van der Waals surface area contributed by atoms with Crippen molar-refractivity contribution >= 4 is 11.0 Å². The first-order chi connectivity index (χ1) is 14.8. The van der Waals surface area contributed by atoms with Gasteiger partial charge in [-0.2, -0.15) is 0 Å². The Morgan fingerprint density at radius 3 is 2.90 bits per heavy atom. The largest absolute Gasteiger partial charge is 0.330 e. The van der Waals surface area contributed by atoms with Crippen LogP contribution in [0.1, 0.15) is 61.6 Å². The van der Waals surface area contributed by atoms with Crippen molar-refractivity contribution in [3.63, 3.8) is 0 Å². The van der Waals surface area contributed by atoms with Crippen molar-refractivity contribution in [2.75, 3.05) is 6.54 Å². The number of imidazole rings is 1. The van der Waals surface area contributed by atoms with E-state index in [2.05, 4.69) is 46.3 Å². The predicted octanol–water partition coefficient (Wildman–Crippen LogP) is 4.16. The fourth-order valence-electron chi connectivity index (χ4n) is 4.93. The smallest absolute Gasteiger partial charge is 0.111 e. The fourth-order valence-corrected chi connectivity index (χ4v) is 4.93. The molecule has 2 aliphatic carbocycles. The van der Waals surface area contributed by atoms with E-state index in [0.717, 1.165) is 56.6 Å². The molecule has 5 rings (SSSR count). The molecular weight excluding hydrogens is 370 g/mol. The summed E-state index contributed by atoms with van der Waals surface area (Å²) in [4.78, 5) is 9.79. The minimum Gasteiger partial charge on any atom is -0.330 e. The molecule has 158 valence electrons. The zero-order valence-corrected chi connectivity index (χ0v) is 17.8. The van der Waals surface area contributed by atoms with Gasteiger partial charge in [-0.1, -0.05) is 18.2 Å². The van der Waals surface area contributed by atoms with Gasteiger partial charge in [0, 0.05) is 31.2 Å². The molecule has 5 nitrogen and oxygen atoms in total. The highest BCUT2D eigenvalue weighted by Crippen LogP contribution is 2.33. The zero-order valence-electron chi connectivity index (χ0n) is 17.8. The van der Waals surface area contributed by atoms with Gasteiger partial charge in [0.05, 0.1) is 16.7 Å². The highest BCUT2D eigenvalue weighted by atomic mass is 15.1. The summed E-state index contributed by atoms with van der Waals surface area (Å²) in [7, 11) is 0. The number of hydrogen-bond acceptors (Lipinski definition) is 4. The Balaban J connectivity index is 1.40. The molecule has 3 aromatic rings. The summed E-state index contributed by atoms with van der Waals surface area (Å²) in [5, 5.41) is 3.96. The molecule has 0 radical (unpaired) electrons. The minimum atomic E-state index is 0.332. The maximum absolute atomic E-state index is 5.88. The van der Waals surface area contributed by atoms with Crippen LogP contribution in [0.3, 0.4) is 0 Å². The zero-order chi connectivity index (χ0) is 20.3. The molecule has 1 aromatic carbocycles. The third kappa shape index (κ3) is 4.28. The van der Waals surface area contributed by atoms with Crippen molar-refractivity contribution in [2.45, 2.75) is 70.0 Å². The monoisotopic (exact) mass is 403 g/mol. The van der Waals surface area contributed by atoms with Crippen LogP contribution in [-0.4, -0.2) is 27.1 Å². The number of hydrogen-bond donors (Lipinski definition) is 2. The van der Waals surface area contributed by atoms with E-state index in [1.807, 2.05) is 6.20 Å². The van der Waals surface area contributed by atoms with Gasteiger partial charge >= 0.3 is 0 Å². The molecular formula is C25H33N5. The van der Waals surface area contributed by atoms with Crippen molar-refractivity contribution in [2.24, 2.45) is 11.7 Å². The average Bonchev–Trinajstić information content (AvgIpc) is 3.54. The van der Waals surface area contributed by atoms with Gasteiger partial charge in [-0.25, -0.2) is 4.98 Å². The lowest BCUT2D eigenvalue weighted by Crippen LogP contribution is -2.37. The molecule has 0 saturated heterocycles. The number of benzene rings is 1. The van der Waals surface area contributed by atoms with Crippen molar-refractivity contribution in [3.8, 4) is 0 Å². The summed E-state index contributed by atoms with van der Waals surface area (Å²) in [6.45, 7) is 1.84. The normalized spacial score (nSPS) is 19.7. The Kier molecular flexibility index (Phi) is 5.82. The van der Waals surface area contributed by atoms with Crippen LogP contribution in [0.25, 0.3) is 11.0 Å². The van der Waals surface area contributed by atoms with Gasteiger partial charge in [0.25, 0.3) is 0 Å². The van der Waals surface area contributed by atoms with Gasteiger partial charge in [0.1, 0.15) is 5.82 Å². The lowest BCUT2D eigenvalue weighted by atomic mass is 9.90. The lowest BCUT2D eigenvalue weighted by molar-refractivity contribution is 0.360. The molecule has 2 aliphatic rings. The van der Waals surface area contributed by atoms with Crippen LogP contribution in [0.15, 0.2) is 42.6 Å². The molecule has 2 unspecified atom stereocenters. The summed E-state index contributed by atoms with van der Waals surface area (Å²) < 4.78 is 2.48. The summed E-state index contributed by atoms with van der Waals surface area (Å²) in [5.41, 5.74) is 10.9. The summed E-state index contributed by atoms with van der Waals surface area (Å²) in [6, 6.07) is 13.6. The van der Waals surface area contributed by atoms with Gasteiger partial charge in [-0.15, -0.1) is 0 Å². The Hall–Kier alpha value is -2.24. The molecule has 5 heteroatoms. The summed E-state index contributed by atoms with van der Waals surface area (Å²) >= 11 is 0. The van der Waals surface area contributed by atoms with Crippen molar-refractivity contribution in [3.05, 3.63) is 59.7 Å². The molecule has 3 N–H and O–H groups in total. The Bertz CT molecular complexity index is 990. The lowest BCUT2D eigenvalue weighted by Gasteiger charge is -2.30. The van der Waals surface area contributed by atoms with Gasteiger partial charge < -0.3 is 15.6 Å². The second-order valence-corrected chi connectivity index (χ2v) is 9.06. The number of rotatable bonds is 9. The maximum Gasteiger partial charge on any atom is 0.111 e. The highest BCUT2D eigenvalue weighted by Gasteiger charge is 2.27.